The highest BCUT2D eigenvalue weighted by Gasteiger charge is 2.36. The molecule has 1 aromatic heterocycles. The Balaban J connectivity index is 2.01. The summed E-state index contributed by atoms with van der Waals surface area (Å²) in [6.45, 7) is -0.175. The van der Waals surface area contributed by atoms with E-state index in [1.165, 1.54) is 6.20 Å². The second kappa shape index (κ2) is 7.45. The largest absolute Gasteiger partial charge is 0.390 e. The maximum atomic E-state index is 11.8. The molecule has 0 aromatic carbocycles. The maximum absolute atomic E-state index is 11.8. The maximum Gasteiger partial charge on any atom is 0.334 e. The van der Waals surface area contributed by atoms with Gasteiger partial charge in [0.25, 0.3) is 5.56 Å². The first-order valence-electron chi connectivity index (χ1n) is 6.72. The average Bonchev–Trinajstić information content (AvgIpc) is 2.80. The number of amides is 1. The summed E-state index contributed by atoms with van der Waals surface area (Å²) in [7, 11) is -4.47. The molecule has 134 valence electrons. The van der Waals surface area contributed by atoms with E-state index in [1.54, 1.807) is 22.6 Å². The molecule has 0 spiro atoms. The summed E-state index contributed by atoms with van der Waals surface area (Å²) < 4.78 is 17.6. The summed E-state index contributed by atoms with van der Waals surface area (Å²) >= 11 is 1.75. The SMILES string of the molecule is O=C(CP(=O)(O)O)NC[C@H]1O[C@@H](n2cc(I)c(=O)[nH]c2=O)C[C@@H]1O. The first kappa shape index (κ1) is 19.3. The van der Waals surface area contributed by atoms with Gasteiger partial charge in [-0.25, -0.2) is 4.79 Å². The molecule has 0 bridgehead atoms. The van der Waals surface area contributed by atoms with Crippen molar-refractivity contribution in [2.45, 2.75) is 24.9 Å². The number of hydrogen-bond acceptors (Lipinski definition) is 6. The van der Waals surface area contributed by atoms with E-state index >= 15 is 0 Å². The van der Waals surface area contributed by atoms with Crippen LogP contribution in [0.25, 0.3) is 0 Å². The van der Waals surface area contributed by atoms with Crippen LogP contribution in [0, 0.1) is 3.57 Å². The van der Waals surface area contributed by atoms with E-state index in [2.05, 4.69) is 10.3 Å². The highest BCUT2D eigenvalue weighted by molar-refractivity contribution is 14.1. The number of aliphatic hydroxyl groups excluding tert-OH is 1. The number of aliphatic hydroxyl groups is 1. The van der Waals surface area contributed by atoms with Crippen LogP contribution in [0.15, 0.2) is 15.8 Å². The second-order valence-corrected chi connectivity index (χ2v) is 8.01. The van der Waals surface area contributed by atoms with Crippen LogP contribution in [-0.2, 0) is 14.1 Å². The number of aromatic nitrogens is 2. The third-order valence-corrected chi connectivity index (χ3v) is 4.76. The third kappa shape index (κ3) is 4.97. The van der Waals surface area contributed by atoms with E-state index in [0.717, 1.165) is 4.57 Å². The quantitative estimate of drug-likeness (QED) is 0.243. The van der Waals surface area contributed by atoms with Crippen molar-refractivity contribution >= 4 is 36.1 Å². The lowest BCUT2D eigenvalue weighted by atomic mass is 10.2. The van der Waals surface area contributed by atoms with E-state index in [9.17, 15) is 24.1 Å². The molecule has 13 heteroatoms. The van der Waals surface area contributed by atoms with Crippen LogP contribution in [0.2, 0.25) is 0 Å². The Morgan fingerprint density at radius 3 is 2.79 bits per heavy atom. The van der Waals surface area contributed by atoms with Crippen LogP contribution in [0.5, 0.6) is 0 Å². The Kier molecular flexibility index (Phi) is 5.99. The Morgan fingerprint density at radius 2 is 2.17 bits per heavy atom. The summed E-state index contributed by atoms with van der Waals surface area (Å²) in [5.41, 5.74) is -1.22. The summed E-state index contributed by atoms with van der Waals surface area (Å²) in [4.78, 5) is 54.0. The molecule has 1 amide bonds. The second-order valence-electron chi connectivity index (χ2n) is 5.20. The molecule has 2 rings (SSSR count). The van der Waals surface area contributed by atoms with Crippen molar-refractivity contribution in [1.29, 1.82) is 0 Å². The lowest BCUT2D eigenvalue weighted by molar-refractivity contribution is -0.120. The van der Waals surface area contributed by atoms with Gasteiger partial charge in [0.1, 0.15) is 18.5 Å². The smallest absolute Gasteiger partial charge is 0.334 e. The van der Waals surface area contributed by atoms with E-state index in [-0.39, 0.29) is 16.5 Å². The number of aromatic amines is 1. The Hall–Kier alpha value is -1.05. The van der Waals surface area contributed by atoms with E-state index in [0.29, 0.717) is 0 Å². The number of nitrogens with one attached hydrogen (secondary N) is 2. The van der Waals surface area contributed by atoms with Gasteiger partial charge in [-0.2, -0.15) is 0 Å². The van der Waals surface area contributed by atoms with Gasteiger partial charge in [0.15, 0.2) is 0 Å². The number of halogens is 1. The van der Waals surface area contributed by atoms with Crippen molar-refractivity contribution in [3.05, 3.63) is 30.6 Å². The molecule has 1 saturated heterocycles. The highest BCUT2D eigenvalue weighted by atomic mass is 127. The number of carbonyl (C=O) groups is 1. The number of carbonyl (C=O) groups excluding carboxylic acids is 1. The van der Waals surface area contributed by atoms with Crippen molar-refractivity contribution < 1.29 is 29.0 Å². The molecule has 24 heavy (non-hydrogen) atoms. The predicted molar refractivity (Wildman–Crippen MR) is 88.5 cm³/mol. The van der Waals surface area contributed by atoms with Gasteiger partial charge in [-0.15, -0.1) is 0 Å². The number of nitrogens with zero attached hydrogens (tertiary/aromatic N) is 1. The summed E-state index contributed by atoms with van der Waals surface area (Å²) in [6, 6.07) is 0. The number of ether oxygens (including phenoxy) is 1. The van der Waals surface area contributed by atoms with Crippen LogP contribution >= 0.6 is 30.2 Å². The van der Waals surface area contributed by atoms with Crippen molar-refractivity contribution in [2.75, 3.05) is 12.7 Å². The fourth-order valence-electron chi connectivity index (χ4n) is 2.20. The van der Waals surface area contributed by atoms with Crippen LogP contribution in [-0.4, -0.2) is 55.3 Å². The Bertz CT molecular complexity index is 786. The fraction of sp³-hybridized carbons (Fsp3) is 0.545. The van der Waals surface area contributed by atoms with Crippen LogP contribution < -0.4 is 16.6 Å². The number of hydrogen-bond donors (Lipinski definition) is 5. The van der Waals surface area contributed by atoms with Crippen molar-refractivity contribution in [1.82, 2.24) is 14.9 Å². The average molecular weight is 475 g/mol. The van der Waals surface area contributed by atoms with Crippen LogP contribution in [0.4, 0.5) is 0 Å². The zero-order valence-electron chi connectivity index (χ0n) is 12.1. The monoisotopic (exact) mass is 475 g/mol. The molecule has 1 fully saturated rings. The van der Waals surface area contributed by atoms with E-state index < -0.39 is 49.3 Å². The van der Waals surface area contributed by atoms with Gasteiger partial charge in [-0.1, -0.05) is 0 Å². The van der Waals surface area contributed by atoms with E-state index in [1.807, 2.05) is 0 Å². The normalized spacial score (nSPS) is 24.1. The molecule has 0 unspecified atom stereocenters. The minimum absolute atomic E-state index is 0.0566. The molecule has 1 aliphatic heterocycles. The zero-order valence-corrected chi connectivity index (χ0v) is 15.1. The van der Waals surface area contributed by atoms with Crippen molar-refractivity contribution in [3.63, 3.8) is 0 Å². The third-order valence-electron chi connectivity index (χ3n) is 3.29. The predicted octanol–water partition coefficient (Wildman–Crippen LogP) is -1.92. The molecule has 0 radical (unpaired) electrons. The summed E-state index contributed by atoms with van der Waals surface area (Å²) in [5.74, 6) is -0.877. The minimum Gasteiger partial charge on any atom is -0.390 e. The molecule has 11 nitrogen and oxygen atoms in total. The molecule has 0 saturated carbocycles. The van der Waals surface area contributed by atoms with Gasteiger partial charge < -0.3 is 24.9 Å². The molecular formula is C11H15IN3O8P. The lowest BCUT2D eigenvalue weighted by Crippen LogP contribution is -2.38. The van der Waals surface area contributed by atoms with Crippen LogP contribution in [0.3, 0.4) is 0 Å². The summed E-state index contributed by atoms with van der Waals surface area (Å²) in [6.07, 6.45) is -2.29. The number of rotatable bonds is 5. The van der Waals surface area contributed by atoms with Gasteiger partial charge >= 0.3 is 13.3 Å². The molecule has 3 atom stereocenters. The lowest BCUT2D eigenvalue weighted by Gasteiger charge is -2.17. The van der Waals surface area contributed by atoms with Crippen molar-refractivity contribution in [3.8, 4) is 0 Å². The standard InChI is InChI=1S/C11H15IN3O8P/c12-5-3-15(11(19)14-10(5)18)9-1-6(16)7(23-9)2-13-8(17)4-24(20,21)22/h3,6-7,9,16H,1-2,4H2,(H,13,17)(H,14,18,19)(H2,20,21,22)/t6-,7+,9+/m0/s1. The van der Waals surface area contributed by atoms with Gasteiger partial charge in [-0.3, -0.25) is 23.7 Å². The first-order chi connectivity index (χ1) is 11.1. The Labute approximate surface area is 148 Å². The van der Waals surface area contributed by atoms with Crippen molar-refractivity contribution in [2.24, 2.45) is 0 Å². The molecular weight excluding hydrogens is 460 g/mol. The molecule has 5 N–H and O–H groups in total. The molecule has 0 aliphatic carbocycles. The molecule has 1 aromatic rings. The highest BCUT2D eigenvalue weighted by Crippen LogP contribution is 2.33. The molecule has 2 heterocycles. The van der Waals surface area contributed by atoms with Gasteiger partial charge in [0.05, 0.1) is 9.67 Å². The van der Waals surface area contributed by atoms with E-state index in [4.69, 9.17) is 14.5 Å². The zero-order chi connectivity index (χ0) is 18.1. The van der Waals surface area contributed by atoms with Crippen LogP contribution in [0.1, 0.15) is 12.6 Å². The topological polar surface area (TPSA) is 171 Å². The minimum atomic E-state index is -4.47. The molecule has 1 aliphatic rings. The van der Waals surface area contributed by atoms with Gasteiger partial charge in [0.2, 0.25) is 5.91 Å². The fourth-order valence-corrected chi connectivity index (χ4v) is 3.12. The summed E-state index contributed by atoms with van der Waals surface area (Å²) in [5, 5.41) is 12.2. The Morgan fingerprint density at radius 1 is 1.50 bits per heavy atom. The van der Waals surface area contributed by atoms with Gasteiger partial charge in [0, 0.05) is 19.2 Å². The van der Waals surface area contributed by atoms with Gasteiger partial charge in [-0.05, 0) is 22.6 Å². The first-order valence-corrected chi connectivity index (χ1v) is 9.60. The number of H-pyrrole nitrogens is 1.